The maximum atomic E-state index is 12.1. The summed E-state index contributed by atoms with van der Waals surface area (Å²) in [6.07, 6.45) is 0. The van der Waals surface area contributed by atoms with Crippen LogP contribution in [0.25, 0.3) is 0 Å². The van der Waals surface area contributed by atoms with E-state index in [1.807, 2.05) is 19.1 Å². The lowest BCUT2D eigenvalue weighted by Gasteiger charge is -2.27. The fourth-order valence-corrected chi connectivity index (χ4v) is 3.76. The van der Waals surface area contributed by atoms with E-state index in [1.54, 1.807) is 30.3 Å². The molecule has 1 aliphatic heterocycles. The zero-order chi connectivity index (χ0) is 19.4. The first-order valence-corrected chi connectivity index (χ1v) is 9.54. The van der Waals surface area contributed by atoms with Crippen molar-refractivity contribution >= 4 is 52.5 Å². The summed E-state index contributed by atoms with van der Waals surface area (Å²) < 4.78 is 5.03. The number of para-hydroxylation sites is 1. The number of esters is 1. The molecule has 0 atom stereocenters. The maximum absolute atomic E-state index is 12.1. The number of aryl methyl sites for hydroxylation is 1. The number of rotatable bonds is 5. The zero-order valence-corrected chi connectivity index (χ0v) is 16.1. The highest BCUT2D eigenvalue weighted by molar-refractivity contribution is 8.00. The highest BCUT2D eigenvalue weighted by Crippen LogP contribution is 2.34. The predicted octanol–water partition coefficient (Wildman–Crippen LogP) is 3.27. The summed E-state index contributed by atoms with van der Waals surface area (Å²) in [6.45, 7) is 1.15. The van der Waals surface area contributed by atoms with Gasteiger partial charge in [-0.3, -0.25) is 19.3 Å². The van der Waals surface area contributed by atoms with E-state index in [0.717, 1.165) is 10.5 Å². The molecular weight excluding hydrogens is 388 g/mol. The zero-order valence-electron chi connectivity index (χ0n) is 14.5. The van der Waals surface area contributed by atoms with Crippen LogP contribution in [-0.2, 0) is 19.1 Å². The van der Waals surface area contributed by atoms with Crippen molar-refractivity contribution in [2.24, 2.45) is 0 Å². The van der Waals surface area contributed by atoms with Gasteiger partial charge in [-0.05, 0) is 42.8 Å². The van der Waals surface area contributed by atoms with Crippen LogP contribution >= 0.6 is 23.4 Å². The third-order valence-corrected chi connectivity index (χ3v) is 5.20. The Labute approximate surface area is 165 Å². The van der Waals surface area contributed by atoms with Crippen LogP contribution in [0.15, 0.2) is 47.4 Å². The Morgan fingerprint density at radius 3 is 2.81 bits per heavy atom. The standard InChI is InChI=1S/C19H17ClN2O4S/c1-12-8-13(20)6-7-14(12)21-17(23)10-26-19(25)9-22-15-4-2-3-5-16(15)27-11-18(22)24/h2-8H,9-11H2,1H3,(H,21,23). The molecule has 27 heavy (non-hydrogen) atoms. The fourth-order valence-electron chi connectivity index (χ4n) is 2.60. The summed E-state index contributed by atoms with van der Waals surface area (Å²) in [5, 5.41) is 3.23. The van der Waals surface area contributed by atoms with Gasteiger partial charge in [0.25, 0.3) is 5.91 Å². The Morgan fingerprint density at radius 2 is 2.04 bits per heavy atom. The van der Waals surface area contributed by atoms with Gasteiger partial charge in [0, 0.05) is 15.6 Å². The molecule has 0 bridgehead atoms. The van der Waals surface area contributed by atoms with Gasteiger partial charge in [0.05, 0.1) is 11.4 Å². The van der Waals surface area contributed by atoms with E-state index in [0.29, 0.717) is 16.4 Å². The number of fused-ring (bicyclic) bond motifs is 1. The largest absolute Gasteiger partial charge is 0.454 e. The molecule has 1 N–H and O–H groups in total. The monoisotopic (exact) mass is 404 g/mol. The van der Waals surface area contributed by atoms with Gasteiger partial charge in [0.15, 0.2) is 6.61 Å². The fraction of sp³-hybridized carbons (Fsp3) is 0.211. The topological polar surface area (TPSA) is 75.7 Å². The number of amides is 2. The first-order valence-electron chi connectivity index (χ1n) is 8.18. The van der Waals surface area contributed by atoms with Gasteiger partial charge in [-0.15, -0.1) is 11.8 Å². The first-order chi connectivity index (χ1) is 12.9. The second-order valence-electron chi connectivity index (χ2n) is 5.90. The van der Waals surface area contributed by atoms with E-state index in [4.69, 9.17) is 16.3 Å². The minimum Gasteiger partial charge on any atom is -0.454 e. The summed E-state index contributed by atoms with van der Waals surface area (Å²) in [7, 11) is 0. The van der Waals surface area contributed by atoms with Crippen LogP contribution in [0.5, 0.6) is 0 Å². The van der Waals surface area contributed by atoms with Crippen molar-refractivity contribution in [3.8, 4) is 0 Å². The number of hydrogen-bond donors (Lipinski definition) is 1. The van der Waals surface area contributed by atoms with Crippen molar-refractivity contribution in [2.75, 3.05) is 29.1 Å². The number of carbonyl (C=O) groups excluding carboxylic acids is 3. The molecule has 0 spiro atoms. The minimum atomic E-state index is -0.645. The molecule has 2 amide bonds. The average molecular weight is 405 g/mol. The molecule has 0 radical (unpaired) electrons. The molecule has 0 saturated carbocycles. The van der Waals surface area contributed by atoms with Crippen LogP contribution in [0.3, 0.4) is 0 Å². The number of hydrogen-bond acceptors (Lipinski definition) is 5. The number of ether oxygens (including phenoxy) is 1. The summed E-state index contributed by atoms with van der Waals surface area (Å²) >= 11 is 7.31. The first kappa shape index (κ1) is 19.3. The quantitative estimate of drug-likeness (QED) is 0.774. The van der Waals surface area contributed by atoms with Crippen LogP contribution in [0.1, 0.15) is 5.56 Å². The van der Waals surface area contributed by atoms with E-state index < -0.39 is 18.5 Å². The van der Waals surface area contributed by atoms with Crippen LogP contribution in [0, 0.1) is 6.92 Å². The van der Waals surface area contributed by atoms with Crippen LogP contribution in [-0.4, -0.2) is 36.7 Å². The van der Waals surface area contributed by atoms with Gasteiger partial charge in [-0.25, -0.2) is 0 Å². The van der Waals surface area contributed by atoms with Crippen molar-refractivity contribution < 1.29 is 19.1 Å². The summed E-state index contributed by atoms with van der Waals surface area (Å²) in [4.78, 5) is 38.6. The minimum absolute atomic E-state index is 0.170. The number of nitrogens with zero attached hydrogens (tertiary/aromatic N) is 1. The Bertz CT molecular complexity index is 903. The third-order valence-electron chi connectivity index (χ3n) is 3.92. The van der Waals surface area contributed by atoms with Crippen molar-refractivity contribution in [1.29, 1.82) is 0 Å². The number of halogens is 1. The number of anilines is 2. The predicted molar refractivity (Wildman–Crippen MR) is 105 cm³/mol. The van der Waals surface area contributed by atoms with Crippen LogP contribution in [0.2, 0.25) is 5.02 Å². The van der Waals surface area contributed by atoms with Gasteiger partial charge in [-0.2, -0.15) is 0 Å². The lowest BCUT2D eigenvalue weighted by Crippen LogP contribution is -2.40. The number of benzene rings is 2. The number of thioether (sulfide) groups is 1. The molecule has 1 heterocycles. The maximum Gasteiger partial charge on any atom is 0.326 e. The SMILES string of the molecule is Cc1cc(Cl)ccc1NC(=O)COC(=O)CN1C(=O)CSc2ccccc21. The second kappa shape index (κ2) is 8.45. The van der Waals surface area contributed by atoms with E-state index >= 15 is 0 Å². The molecule has 2 aromatic rings. The van der Waals surface area contributed by atoms with Crippen molar-refractivity contribution in [1.82, 2.24) is 0 Å². The summed E-state index contributed by atoms with van der Waals surface area (Å²) in [6, 6.07) is 12.4. The summed E-state index contributed by atoms with van der Waals surface area (Å²) in [5.41, 5.74) is 2.07. The number of carbonyl (C=O) groups is 3. The molecule has 0 fully saturated rings. The normalized spacial score (nSPS) is 13.1. The Balaban J connectivity index is 1.55. The van der Waals surface area contributed by atoms with E-state index in [2.05, 4.69) is 5.32 Å². The van der Waals surface area contributed by atoms with Gasteiger partial charge >= 0.3 is 5.97 Å². The Kier molecular flexibility index (Phi) is 6.03. The van der Waals surface area contributed by atoms with Gasteiger partial charge in [-0.1, -0.05) is 23.7 Å². The highest BCUT2D eigenvalue weighted by atomic mass is 35.5. The third kappa shape index (κ3) is 4.81. The Hall–Kier alpha value is -2.51. The number of nitrogens with one attached hydrogen (secondary N) is 1. The smallest absolute Gasteiger partial charge is 0.326 e. The molecule has 2 aromatic carbocycles. The molecule has 1 aliphatic rings. The lowest BCUT2D eigenvalue weighted by molar-refractivity contribution is -0.146. The van der Waals surface area contributed by atoms with E-state index in [1.165, 1.54) is 16.7 Å². The lowest BCUT2D eigenvalue weighted by atomic mass is 10.2. The van der Waals surface area contributed by atoms with Crippen LogP contribution in [0.4, 0.5) is 11.4 Å². The Morgan fingerprint density at radius 1 is 1.26 bits per heavy atom. The molecule has 0 saturated heterocycles. The van der Waals surface area contributed by atoms with E-state index in [9.17, 15) is 14.4 Å². The molecule has 0 aliphatic carbocycles. The van der Waals surface area contributed by atoms with Crippen LogP contribution < -0.4 is 10.2 Å². The van der Waals surface area contributed by atoms with E-state index in [-0.39, 0.29) is 18.2 Å². The highest BCUT2D eigenvalue weighted by Gasteiger charge is 2.26. The molecular formula is C19H17ClN2O4S. The van der Waals surface area contributed by atoms with Gasteiger partial charge in [0.2, 0.25) is 5.91 Å². The molecule has 0 unspecified atom stereocenters. The van der Waals surface area contributed by atoms with Crippen molar-refractivity contribution in [3.05, 3.63) is 53.1 Å². The molecule has 6 nitrogen and oxygen atoms in total. The summed E-state index contributed by atoms with van der Waals surface area (Å²) in [5.74, 6) is -1.01. The second-order valence-corrected chi connectivity index (χ2v) is 7.36. The molecule has 0 aromatic heterocycles. The molecule has 8 heteroatoms. The molecule has 3 rings (SSSR count). The molecule has 140 valence electrons. The van der Waals surface area contributed by atoms with Crippen molar-refractivity contribution in [3.63, 3.8) is 0 Å². The van der Waals surface area contributed by atoms with Crippen molar-refractivity contribution in [2.45, 2.75) is 11.8 Å². The van der Waals surface area contributed by atoms with Gasteiger partial charge < -0.3 is 10.1 Å². The average Bonchev–Trinajstić information content (AvgIpc) is 2.65. The van der Waals surface area contributed by atoms with Gasteiger partial charge in [0.1, 0.15) is 6.54 Å².